The standard InChI is InChI=1S/C12H13BrFN3/c1-8(6-15)17-12(11(13)7-16-17)9-2-4-10(14)5-3-9/h2-5,7-8H,6,15H2,1H3. The lowest BCUT2D eigenvalue weighted by molar-refractivity contribution is 0.506. The number of hydrogen-bond donors (Lipinski definition) is 1. The van der Waals surface area contributed by atoms with Crippen molar-refractivity contribution in [3.63, 3.8) is 0 Å². The fourth-order valence-electron chi connectivity index (χ4n) is 1.65. The Kier molecular flexibility index (Phi) is 3.59. The van der Waals surface area contributed by atoms with Gasteiger partial charge in [-0.05, 0) is 47.1 Å². The lowest BCUT2D eigenvalue weighted by Gasteiger charge is -2.14. The van der Waals surface area contributed by atoms with E-state index in [0.29, 0.717) is 6.54 Å². The minimum atomic E-state index is -0.247. The highest BCUT2D eigenvalue weighted by atomic mass is 79.9. The molecule has 0 saturated carbocycles. The molecule has 0 radical (unpaired) electrons. The predicted octanol–water partition coefficient (Wildman–Crippen LogP) is 2.97. The van der Waals surface area contributed by atoms with Crippen LogP contribution in [-0.4, -0.2) is 16.3 Å². The Morgan fingerprint density at radius 1 is 1.41 bits per heavy atom. The molecule has 3 nitrogen and oxygen atoms in total. The average molecular weight is 298 g/mol. The molecule has 0 fully saturated rings. The Hall–Kier alpha value is -1.20. The van der Waals surface area contributed by atoms with E-state index < -0.39 is 0 Å². The number of rotatable bonds is 3. The summed E-state index contributed by atoms with van der Waals surface area (Å²) >= 11 is 3.45. The van der Waals surface area contributed by atoms with E-state index in [9.17, 15) is 4.39 Å². The van der Waals surface area contributed by atoms with Crippen molar-refractivity contribution >= 4 is 15.9 Å². The molecule has 90 valence electrons. The Bertz CT molecular complexity index is 507. The normalized spacial score (nSPS) is 12.7. The molecule has 0 aliphatic heterocycles. The first-order valence-corrected chi connectivity index (χ1v) is 6.11. The highest BCUT2D eigenvalue weighted by molar-refractivity contribution is 9.10. The molecule has 2 aromatic rings. The van der Waals surface area contributed by atoms with E-state index in [2.05, 4.69) is 21.0 Å². The van der Waals surface area contributed by atoms with Crippen molar-refractivity contribution in [2.45, 2.75) is 13.0 Å². The average Bonchev–Trinajstić information content (AvgIpc) is 2.71. The molecule has 1 atom stereocenters. The summed E-state index contributed by atoms with van der Waals surface area (Å²) in [5.41, 5.74) is 7.48. The largest absolute Gasteiger partial charge is 0.328 e. The molecule has 0 aliphatic carbocycles. The smallest absolute Gasteiger partial charge is 0.123 e. The Morgan fingerprint density at radius 3 is 2.65 bits per heavy atom. The lowest BCUT2D eigenvalue weighted by atomic mass is 10.1. The molecule has 1 aromatic heterocycles. The zero-order valence-corrected chi connectivity index (χ0v) is 11.0. The maximum atomic E-state index is 12.9. The van der Waals surface area contributed by atoms with E-state index in [0.717, 1.165) is 15.7 Å². The van der Waals surface area contributed by atoms with Gasteiger partial charge in [0.05, 0.1) is 22.4 Å². The zero-order valence-electron chi connectivity index (χ0n) is 9.40. The summed E-state index contributed by atoms with van der Waals surface area (Å²) in [6, 6.07) is 6.44. The van der Waals surface area contributed by atoms with E-state index >= 15 is 0 Å². The minimum absolute atomic E-state index is 0.0985. The van der Waals surface area contributed by atoms with Crippen LogP contribution in [0.5, 0.6) is 0 Å². The van der Waals surface area contributed by atoms with Gasteiger partial charge in [-0.15, -0.1) is 0 Å². The third-order valence-corrected chi connectivity index (χ3v) is 3.21. The van der Waals surface area contributed by atoms with Crippen LogP contribution in [-0.2, 0) is 0 Å². The quantitative estimate of drug-likeness (QED) is 0.946. The summed E-state index contributed by atoms with van der Waals surface area (Å²) < 4.78 is 15.6. The fourth-order valence-corrected chi connectivity index (χ4v) is 2.16. The highest BCUT2D eigenvalue weighted by Crippen LogP contribution is 2.30. The van der Waals surface area contributed by atoms with Crippen LogP contribution in [0.3, 0.4) is 0 Å². The van der Waals surface area contributed by atoms with E-state index in [4.69, 9.17) is 5.73 Å². The molecule has 1 aromatic carbocycles. The van der Waals surface area contributed by atoms with Crippen molar-refractivity contribution in [2.75, 3.05) is 6.54 Å². The van der Waals surface area contributed by atoms with Gasteiger partial charge in [-0.25, -0.2) is 4.39 Å². The van der Waals surface area contributed by atoms with Crippen LogP contribution < -0.4 is 5.73 Å². The summed E-state index contributed by atoms with van der Waals surface area (Å²) in [5.74, 6) is -0.247. The van der Waals surface area contributed by atoms with E-state index in [1.807, 2.05) is 11.6 Å². The lowest BCUT2D eigenvalue weighted by Crippen LogP contribution is -2.17. The first-order chi connectivity index (χ1) is 8.13. The molecule has 17 heavy (non-hydrogen) atoms. The van der Waals surface area contributed by atoms with Crippen molar-refractivity contribution in [1.82, 2.24) is 9.78 Å². The third-order valence-electron chi connectivity index (χ3n) is 2.63. The molecule has 0 bridgehead atoms. The van der Waals surface area contributed by atoms with E-state index in [1.54, 1.807) is 18.3 Å². The number of benzene rings is 1. The molecule has 1 heterocycles. The molecule has 0 amide bonds. The minimum Gasteiger partial charge on any atom is -0.328 e. The summed E-state index contributed by atoms with van der Waals surface area (Å²) in [6.45, 7) is 2.49. The summed E-state index contributed by atoms with van der Waals surface area (Å²) in [7, 11) is 0. The van der Waals surface area contributed by atoms with Gasteiger partial charge in [0.2, 0.25) is 0 Å². The van der Waals surface area contributed by atoms with Crippen molar-refractivity contribution in [3.05, 3.63) is 40.8 Å². The molecule has 0 spiro atoms. The van der Waals surface area contributed by atoms with Gasteiger partial charge in [-0.3, -0.25) is 4.68 Å². The number of hydrogen-bond acceptors (Lipinski definition) is 2. The second-order valence-electron chi connectivity index (χ2n) is 3.88. The van der Waals surface area contributed by atoms with Crippen LogP contribution in [0, 0.1) is 5.82 Å². The number of nitrogens with two attached hydrogens (primary N) is 1. The maximum Gasteiger partial charge on any atom is 0.123 e. The van der Waals surface area contributed by atoms with Crippen LogP contribution in [0.1, 0.15) is 13.0 Å². The summed E-state index contributed by atoms with van der Waals surface area (Å²) in [4.78, 5) is 0. The monoisotopic (exact) mass is 297 g/mol. The van der Waals surface area contributed by atoms with Crippen molar-refractivity contribution in [2.24, 2.45) is 5.73 Å². The Morgan fingerprint density at radius 2 is 2.06 bits per heavy atom. The SMILES string of the molecule is CC(CN)n1ncc(Br)c1-c1ccc(F)cc1. The maximum absolute atomic E-state index is 12.9. The van der Waals surface area contributed by atoms with Crippen molar-refractivity contribution < 1.29 is 4.39 Å². The van der Waals surface area contributed by atoms with Gasteiger partial charge in [-0.1, -0.05) is 0 Å². The van der Waals surface area contributed by atoms with Gasteiger partial charge < -0.3 is 5.73 Å². The van der Waals surface area contributed by atoms with Crippen LogP contribution in [0.25, 0.3) is 11.3 Å². The van der Waals surface area contributed by atoms with Crippen LogP contribution in [0.15, 0.2) is 34.9 Å². The van der Waals surface area contributed by atoms with Gasteiger partial charge >= 0.3 is 0 Å². The summed E-state index contributed by atoms with van der Waals surface area (Å²) in [5, 5.41) is 4.28. The number of nitrogens with zero attached hydrogens (tertiary/aromatic N) is 2. The predicted molar refractivity (Wildman–Crippen MR) is 69.1 cm³/mol. The van der Waals surface area contributed by atoms with Gasteiger partial charge in [0.1, 0.15) is 5.82 Å². The summed E-state index contributed by atoms with van der Waals surface area (Å²) in [6.07, 6.45) is 1.73. The third kappa shape index (κ3) is 2.40. The first-order valence-electron chi connectivity index (χ1n) is 5.32. The number of halogens is 2. The van der Waals surface area contributed by atoms with Crippen LogP contribution >= 0.6 is 15.9 Å². The second kappa shape index (κ2) is 4.98. The molecule has 1 unspecified atom stereocenters. The second-order valence-corrected chi connectivity index (χ2v) is 4.73. The molecule has 0 saturated heterocycles. The fraction of sp³-hybridized carbons (Fsp3) is 0.250. The van der Waals surface area contributed by atoms with Gasteiger partial charge in [0, 0.05) is 12.1 Å². The van der Waals surface area contributed by atoms with E-state index in [1.165, 1.54) is 12.1 Å². The van der Waals surface area contributed by atoms with Gasteiger partial charge in [-0.2, -0.15) is 5.10 Å². The van der Waals surface area contributed by atoms with Crippen LogP contribution in [0.4, 0.5) is 4.39 Å². The Balaban J connectivity index is 2.50. The van der Waals surface area contributed by atoms with Gasteiger partial charge in [0.25, 0.3) is 0 Å². The van der Waals surface area contributed by atoms with Crippen LogP contribution in [0.2, 0.25) is 0 Å². The molecule has 5 heteroatoms. The van der Waals surface area contributed by atoms with E-state index in [-0.39, 0.29) is 11.9 Å². The molecule has 2 N–H and O–H groups in total. The topological polar surface area (TPSA) is 43.8 Å². The molecule has 0 aliphatic rings. The molecular weight excluding hydrogens is 285 g/mol. The van der Waals surface area contributed by atoms with Gasteiger partial charge in [0.15, 0.2) is 0 Å². The zero-order chi connectivity index (χ0) is 12.4. The van der Waals surface area contributed by atoms with Crippen molar-refractivity contribution in [1.29, 1.82) is 0 Å². The molecular formula is C12H13BrFN3. The number of aromatic nitrogens is 2. The Labute approximate surface area is 108 Å². The first kappa shape index (κ1) is 12.3. The molecule has 2 rings (SSSR count). The van der Waals surface area contributed by atoms with Crippen molar-refractivity contribution in [3.8, 4) is 11.3 Å². The highest BCUT2D eigenvalue weighted by Gasteiger charge is 2.14.